The van der Waals surface area contributed by atoms with E-state index >= 15 is 0 Å². The maximum atomic E-state index is 10.8. The number of rotatable bonds is 4. The van der Waals surface area contributed by atoms with Crippen LogP contribution in [-0.4, -0.2) is 16.0 Å². The third kappa shape index (κ3) is 3.48. The van der Waals surface area contributed by atoms with Crippen LogP contribution in [0.25, 0.3) is 0 Å². The summed E-state index contributed by atoms with van der Waals surface area (Å²) < 4.78 is 6.32. The molecular weight excluding hydrogens is 342 g/mol. The summed E-state index contributed by atoms with van der Waals surface area (Å²) in [6.45, 7) is 0. The third-order valence-corrected chi connectivity index (χ3v) is 3.08. The third-order valence-electron chi connectivity index (χ3n) is 2.58. The van der Waals surface area contributed by atoms with Crippen LogP contribution in [0.1, 0.15) is 5.56 Å². The van der Waals surface area contributed by atoms with Crippen molar-refractivity contribution in [2.45, 2.75) is 0 Å². The smallest absolute Gasteiger partial charge is 0.273 e. The molecule has 0 bridgehead atoms. The summed E-state index contributed by atoms with van der Waals surface area (Å²) in [7, 11) is 0. The van der Waals surface area contributed by atoms with Gasteiger partial charge in [-0.3, -0.25) is 10.1 Å². The van der Waals surface area contributed by atoms with Crippen LogP contribution in [0.2, 0.25) is 0 Å². The monoisotopic (exact) mass is 351 g/mol. The van der Waals surface area contributed by atoms with Gasteiger partial charge < -0.3 is 15.7 Å². The molecule has 2 aromatic carbocycles. The van der Waals surface area contributed by atoms with E-state index < -0.39 is 4.92 Å². The van der Waals surface area contributed by atoms with Crippen molar-refractivity contribution >= 4 is 27.5 Å². The average Bonchev–Trinajstić information content (AvgIpc) is 2.47. The van der Waals surface area contributed by atoms with Crippen LogP contribution in [0.4, 0.5) is 5.69 Å². The highest BCUT2D eigenvalue weighted by atomic mass is 79.9. The van der Waals surface area contributed by atoms with Gasteiger partial charge in [-0.25, -0.2) is 0 Å². The van der Waals surface area contributed by atoms with Crippen molar-refractivity contribution in [3.8, 4) is 11.5 Å². The Labute approximate surface area is 127 Å². The van der Waals surface area contributed by atoms with Crippen molar-refractivity contribution in [2.24, 2.45) is 10.9 Å². The van der Waals surface area contributed by atoms with E-state index in [2.05, 4.69) is 21.1 Å². The van der Waals surface area contributed by atoms with E-state index in [1.165, 1.54) is 18.2 Å². The molecule has 0 aliphatic carbocycles. The number of ether oxygens (including phenoxy) is 1. The molecule has 0 heterocycles. The number of non-ortho nitro benzene ring substituents is 1. The topological polar surface area (TPSA) is 111 Å². The van der Waals surface area contributed by atoms with E-state index in [1.54, 1.807) is 24.3 Å². The Morgan fingerprint density at radius 2 is 2.10 bits per heavy atom. The second-order valence-corrected chi connectivity index (χ2v) is 4.90. The predicted octanol–water partition coefficient (Wildman–Crippen LogP) is 3.24. The lowest BCUT2D eigenvalue weighted by atomic mass is 10.2. The van der Waals surface area contributed by atoms with Crippen LogP contribution in [0.5, 0.6) is 11.5 Å². The van der Waals surface area contributed by atoms with Crippen LogP contribution in [0.15, 0.2) is 52.1 Å². The molecule has 0 spiro atoms. The van der Waals surface area contributed by atoms with E-state index in [9.17, 15) is 10.1 Å². The molecule has 8 heteroatoms. The van der Waals surface area contributed by atoms with E-state index in [0.29, 0.717) is 11.3 Å². The second kappa shape index (κ2) is 6.23. The Morgan fingerprint density at radius 3 is 2.76 bits per heavy atom. The summed E-state index contributed by atoms with van der Waals surface area (Å²) in [6.07, 6.45) is 0. The van der Waals surface area contributed by atoms with Gasteiger partial charge in [0, 0.05) is 10.5 Å². The molecule has 0 amide bonds. The lowest BCUT2D eigenvalue weighted by Gasteiger charge is -2.10. The number of nitro benzene ring substituents is 1. The number of benzene rings is 2. The fraction of sp³-hybridized carbons (Fsp3) is 0. The van der Waals surface area contributed by atoms with Crippen molar-refractivity contribution in [3.05, 3.63) is 62.6 Å². The van der Waals surface area contributed by atoms with Crippen LogP contribution < -0.4 is 10.5 Å². The normalized spacial score (nSPS) is 11.2. The molecule has 3 N–H and O–H groups in total. The standard InChI is InChI=1S/C13H10BrN3O4/c14-8-4-5-11(13(15)16-18)12(6-8)21-10-3-1-2-9(7-10)17(19)20/h1-7,18H,(H2,15,16). The van der Waals surface area contributed by atoms with Gasteiger partial charge in [-0.05, 0) is 24.3 Å². The van der Waals surface area contributed by atoms with Gasteiger partial charge in [0.05, 0.1) is 16.6 Å². The summed E-state index contributed by atoms with van der Waals surface area (Å²) in [6, 6.07) is 10.7. The molecule has 0 saturated carbocycles. The van der Waals surface area contributed by atoms with E-state index in [0.717, 1.165) is 4.47 Å². The highest BCUT2D eigenvalue weighted by Crippen LogP contribution is 2.30. The van der Waals surface area contributed by atoms with E-state index in [-0.39, 0.29) is 17.3 Å². The lowest BCUT2D eigenvalue weighted by molar-refractivity contribution is -0.384. The number of amidine groups is 1. The lowest BCUT2D eigenvalue weighted by Crippen LogP contribution is -2.14. The first-order valence-corrected chi connectivity index (χ1v) is 6.50. The Balaban J connectivity index is 2.41. The molecular formula is C13H10BrN3O4. The maximum Gasteiger partial charge on any atom is 0.273 e. The summed E-state index contributed by atoms with van der Waals surface area (Å²) >= 11 is 3.29. The summed E-state index contributed by atoms with van der Waals surface area (Å²) in [5.41, 5.74) is 5.85. The van der Waals surface area contributed by atoms with Gasteiger partial charge in [-0.1, -0.05) is 27.2 Å². The fourth-order valence-corrected chi connectivity index (χ4v) is 1.97. The Morgan fingerprint density at radius 1 is 1.33 bits per heavy atom. The Hall–Kier alpha value is -2.61. The molecule has 0 radical (unpaired) electrons. The van der Waals surface area contributed by atoms with Crippen molar-refractivity contribution in [1.82, 2.24) is 0 Å². The minimum atomic E-state index is -0.516. The van der Waals surface area contributed by atoms with Crippen LogP contribution in [0, 0.1) is 10.1 Å². The van der Waals surface area contributed by atoms with Gasteiger partial charge in [0.25, 0.3) is 5.69 Å². The average molecular weight is 352 g/mol. The SMILES string of the molecule is N/C(=N/O)c1ccc(Br)cc1Oc1cccc([N+](=O)[O-])c1. The Kier molecular flexibility index (Phi) is 4.39. The van der Waals surface area contributed by atoms with Crippen LogP contribution >= 0.6 is 15.9 Å². The number of hydrogen-bond acceptors (Lipinski definition) is 5. The molecule has 108 valence electrons. The largest absolute Gasteiger partial charge is 0.456 e. The summed E-state index contributed by atoms with van der Waals surface area (Å²) in [5, 5.41) is 22.5. The van der Waals surface area contributed by atoms with Gasteiger partial charge in [-0.2, -0.15) is 0 Å². The number of oxime groups is 1. The van der Waals surface area contributed by atoms with Crippen molar-refractivity contribution in [1.29, 1.82) is 0 Å². The first kappa shape index (κ1) is 14.8. The highest BCUT2D eigenvalue weighted by molar-refractivity contribution is 9.10. The highest BCUT2D eigenvalue weighted by Gasteiger charge is 2.12. The number of hydrogen-bond donors (Lipinski definition) is 2. The first-order valence-electron chi connectivity index (χ1n) is 5.71. The molecule has 0 aliphatic heterocycles. The Bertz CT molecular complexity index is 718. The van der Waals surface area contributed by atoms with Crippen molar-refractivity contribution in [2.75, 3.05) is 0 Å². The van der Waals surface area contributed by atoms with Crippen molar-refractivity contribution < 1.29 is 14.9 Å². The zero-order valence-corrected chi connectivity index (χ0v) is 12.1. The maximum absolute atomic E-state index is 10.8. The first-order chi connectivity index (χ1) is 10.0. The zero-order chi connectivity index (χ0) is 15.4. The molecule has 2 aromatic rings. The predicted molar refractivity (Wildman–Crippen MR) is 79.8 cm³/mol. The quantitative estimate of drug-likeness (QED) is 0.288. The van der Waals surface area contributed by atoms with Gasteiger partial charge >= 0.3 is 0 Å². The molecule has 0 saturated heterocycles. The zero-order valence-electron chi connectivity index (χ0n) is 10.6. The number of halogens is 1. The minimum absolute atomic E-state index is 0.0900. The van der Waals surface area contributed by atoms with Gasteiger partial charge in [0.1, 0.15) is 11.5 Å². The van der Waals surface area contributed by atoms with Gasteiger partial charge in [-0.15, -0.1) is 0 Å². The molecule has 7 nitrogen and oxygen atoms in total. The van der Waals surface area contributed by atoms with Gasteiger partial charge in [0.2, 0.25) is 0 Å². The molecule has 0 aromatic heterocycles. The molecule has 0 aliphatic rings. The molecule has 0 atom stereocenters. The second-order valence-electron chi connectivity index (χ2n) is 3.98. The fourth-order valence-electron chi connectivity index (χ4n) is 1.63. The van der Waals surface area contributed by atoms with Crippen molar-refractivity contribution in [3.63, 3.8) is 0 Å². The van der Waals surface area contributed by atoms with Crippen LogP contribution in [-0.2, 0) is 0 Å². The van der Waals surface area contributed by atoms with Gasteiger partial charge in [0.15, 0.2) is 5.84 Å². The van der Waals surface area contributed by atoms with E-state index in [4.69, 9.17) is 15.7 Å². The number of nitrogens with two attached hydrogens (primary N) is 1. The summed E-state index contributed by atoms with van der Waals surface area (Å²) in [4.78, 5) is 10.2. The van der Waals surface area contributed by atoms with E-state index in [1.807, 2.05) is 0 Å². The molecule has 0 unspecified atom stereocenters. The van der Waals surface area contributed by atoms with Crippen LogP contribution in [0.3, 0.4) is 0 Å². The number of nitro groups is 1. The number of nitrogens with zero attached hydrogens (tertiary/aromatic N) is 2. The summed E-state index contributed by atoms with van der Waals surface area (Å²) in [5.74, 6) is 0.456. The molecule has 0 fully saturated rings. The minimum Gasteiger partial charge on any atom is -0.456 e. The molecule has 21 heavy (non-hydrogen) atoms. The molecule has 2 rings (SSSR count).